The Balaban J connectivity index is 1.81. The molecule has 1 heterocycles. The fraction of sp³-hybridized carbons (Fsp3) is 0.571. The van der Waals surface area contributed by atoms with Gasteiger partial charge in [0.1, 0.15) is 0 Å². The first-order valence-electron chi connectivity index (χ1n) is 6.97. The summed E-state index contributed by atoms with van der Waals surface area (Å²) in [5, 5.41) is 0. The highest BCUT2D eigenvalue weighted by atomic mass is 32.2. The molecule has 20 heavy (non-hydrogen) atoms. The van der Waals surface area contributed by atoms with E-state index in [1.807, 2.05) is 0 Å². The molecule has 0 amide bonds. The lowest BCUT2D eigenvalue weighted by Crippen LogP contribution is -2.41. The van der Waals surface area contributed by atoms with Crippen LogP contribution in [-0.4, -0.2) is 27.2 Å². The molecule has 1 aromatic carbocycles. The maximum Gasteiger partial charge on any atom is 0.241 e. The van der Waals surface area contributed by atoms with Gasteiger partial charge < -0.3 is 10.5 Å². The lowest BCUT2D eigenvalue weighted by molar-refractivity contribution is 0.0848. The number of hydrogen-bond acceptors (Lipinski definition) is 4. The van der Waals surface area contributed by atoms with Crippen molar-refractivity contribution in [1.82, 2.24) is 4.72 Å². The van der Waals surface area contributed by atoms with Crippen molar-refractivity contribution in [1.29, 1.82) is 0 Å². The van der Waals surface area contributed by atoms with Gasteiger partial charge in [0.2, 0.25) is 10.0 Å². The molecule has 2 fully saturated rings. The summed E-state index contributed by atoms with van der Waals surface area (Å²) in [4.78, 5) is 0.299. The molecular weight excluding hydrogens is 276 g/mol. The van der Waals surface area contributed by atoms with E-state index >= 15 is 0 Å². The van der Waals surface area contributed by atoms with Crippen LogP contribution in [-0.2, 0) is 14.8 Å². The molecule has 0 bridgehead atoms. The second-order valence-corrected chi connectivity index (χ2v) is 7.40. The number of sulfonamides is 1. The minimum absolute atomic E-state index is 0.0406. The van der Waals surface area contributed by atoms with E-state index in [0.29, 0.717) is 28.7 Å². The van der Waals surface area contributed by atoms with E-state index in [1.54, 1.807) is 25.1 Å². The average Bonchev–Trinajstić information content (AvgIpc) is 3.10. The van der Waals surface area contributed by atoms with Gasteiger partial charge in [-0.3, -0.25) is 0 Å². The second kappa shape index (κ2) is 5.02. The molecule has 2 aliphatic rings. The highest BCUT2D eigenvalue weighted by Crippen LogP contribution is 2.39. The summed E-state index contributed by atoms with van der Waals surface area (Å²) >= 11 is 0. The molecule has 110 valence electrons. The number of nitrogen functional groups attached to an aromatic ring is 1. The molecule has 3 N–H and O–H groups in total. The molecule has 1 aliphatic carbocycles. The minimum Gasteiger partial charge on any atom is -0.399 e. The summed E-state index contributed by atoms with van der Waals surface area (Å²) in [5.41, 5.74) is 6.91. The van der Waals surface area contributed by atoms with Crippen LogP contribution < -0.4 is 10.5 Å². The molecular formula is C14H20N2O3S. The number of ether oxygens (including phenoxy) is 1. The quantitative estimate of drug-likeness (QED) is 0.823. The third-order valence-corrected chi connectivity index (χ3v) is 5.67. The summed E-state index contributed by atoms with van der Waals surface area (Å²) in [6, 6.07) is 4.75. The Hall–Kier alpha value is -1.11. The van der Waals surface area contributed by atoms with Crippen molar-refractivity contribution in [3.05, 3.63) is 23.8 Å². The molecule has 1 aliphatic heterocycles. The van der Waals surface area contributed by atoms with Crippen LogP contribution in [0.3, 0.4) is 0 Å². The van der Waals surface area contributed by atoms with Crippen LogP contribution >= 0.6 is 0 Å². The Morgan fingerprint density at radius 3 is 2.70 bits per heavy atom. The number of nitrogens with one attached hydrogen (secondary N) is 1. The topological polar surface area (TPSA) is 81.4 Å². The Morgan fingerprint density at radius 1 is 1.30 bits per heavy atom. The van der Waals surface area contributed by atoms with Crippen molar-refractivity contribution in [3.8, 4) is 0 Å². The lowest BCUT2D eigenvalue weighted by Gasteiger charge is -2.20. The van der Waals surface area contributed by atoms with Crippen molar-refractivity contribution < 1.29 is 13.2 Å². The number of nitrogens with two attached hydrogens (primary N) is 1. The molecule has 1 saturated heterocycles. The number of rotatable bonds is 4. The minimum atomic E-state index is -3.52. The van der Waals surface area contributed by atoms with Gasteiger partial charge in [-0.2, -0.15) is 0 Å². The molecule has 0 aromatic heterocycles. The molecule has 5 nitrogen and oxygen atoms in total. The molecule has 1 aromatic rings. The maximum absolute atomic E-state index is 12.5. The summed E-state index contributed by atoms with van der Waals surface area (Å²) in [6.45, 7) is 2.39. The van der Waals surface area contributed by atoms with E-state index in [-0.39, 0.29) is 12.1 Å². The standard InChI is InChI=1S/C14H20N2O3S/c1-9-8-11(15)4-5-13(9)20(17,18)16-12-6-7-19-14(12)10-2-3-10/h4-5,8,10,12,14,16H,2-3,6-7,15H2,1H3. The predicted octanol–water partition coefficient (Wildman–Crippen LogP) is 1.42. The summed E-state index contributed by atoms with van der Waals surface area (Å²) in [5.74, 6) is 0.526. The average molecular weight is 296 g/mol. The maximum atomic E-state index is 12.5. The molecule has 2 atom stereocenters. The Labute approximate surface area is 119 Å². The van der Waals surface area contributed by atoms with Gasteiger partial charge in [-0.15, -0.1) is 0 Å². The highest BCUT2D eigenvalue weighted by molar-refractivity contribution is 7.89. The smallest absolute Gasteiger partial charge is 0.241 e. The first kappa shape index (κ1) is 13.9. The molecule has 0 spiro atoms. The number of anilines is 1. The predicted molar refractivity (Wildman–Crippen MR) is 76.8 cm³/mol. The Bertz CT molecular complexity index is 611. The first-order valence-corrected chi connectivity index (χ1v) is 8.46. The van der Waals surface area contributed by atoms with Gasteiger partial charge in [0.15, 0.2) is 0 Å². The van der Waals surface area contributed by atoms with Gasteiger partial charge in [-0.05, 0) is 55.9 Å². The van der Waals surface area contributed by atoms with Crippen LogP contribution in [0.4, 0.5) is 5.69 Å². The van der Waals surface area contributed by atoms with Gasteiger partial charge in [-0.25, -0.2) is 13.1 Å². The van der Waals surface area contributed by atoms with Crippen molar-refractivity contribution in [2.75, 3.05) is 12.3 Å². The third kappa shape index (κ3) is 2.68. The summed E-state index contributed by atoms with van der Waals surface area (Å²) in [6.07, 6.45) is 3.07. The van der Waals surface area contributed by atoms with E-state index in [1.165, 1.54) is 0 Å². The third-order valence-electron chi connectivity index (χ3n) is 4.02. The normalized spacial score (nSPS) is 26.9. The van der Waals surface area contributed by atoms with Crippen LogP contribution in [0.15, 0.2) is 23.1 Å². The largest absolute Gasteiger partial charge is 0.399 e. The fourth-order valence-corrected chi connectivity index (χ4v) is 4.37. The second-order valence-electron chi connectivity index (χ2n) is 5.71. The SMILES string of the molecule is Cc1cc(N)ccc1S(=O)(=O)NC1CCOC1C1CC1. The van der Waals surface area contributed by atoms with Crippen LogP contribution in [0.25, 0.3) is 0 Å². The fourth-order valence-electron chi connectivity index (χ4n) is 2.86. The van der Waals surface area contributed by atoms with Gasteiger partial charge in [0, 0.05) is 12.3 Å². The Kier molecular flexibility index (Phi) is 3.48. The van der Waals surface area contributed by atoms with Crippen molar-refractivity contribution in [2.45, 2.75) is 43.2 Å². The van der Waals surface area contributed by atoms with Crippen molar-refractivity contribution >= 4 is 15.7 Å². The molecule has 3 rings (SSSR count). The zero-order chi connectivity index (χ0) is 14.3. The molecule has 0 radical (unpaired) electrons. The van der Waals surface area contributed by atoms with Gasteiger partial charge >= 0.3 is 0 Å². The molecule has 1 saturated carbocycles. The van der Waals surface area contributed by atoms with Gasteiger partial charge in [-0.1, -0.05) is 0 Å². The monoisotopic (exact) mass is 296 g/mol. The van der Waals surface area contributed by atoms with E-state index < -0.39 is 10.0 Å². The van der Waals surface area contributed by atoms with E-state index in [2.05, 4.69) is 4.72 Å². The molecule has 6 heteroatoms. The van der Waals surface area contributed by atoms with Crippen LogP contribution in [0.1, 0.15) is 24.8 Å². The molecule has 2 unspecified atom stereocenters. The summed E-state index contributed by atoms with van der Waals surface area (Å²) in [7, 11) is -3.52. The van der Waals surface area contributed by atoms with Crippen molar-refractivity contribution in [3.63, 3.8) is 0 Å². The summed E-state index contributed by atoms with van der Waals surface area (Å²) < 4.78 is 33.5. The Morgan fingerprint density at radius 2 is 2.05 bits per heavy atom. The van der Waals surface area contributed by atoms with E-state index in [4.69, 9.17) is 10.5 Å². The van der Waals surface area contributed by atoms with Crippen LogP contribution in [0.2, 0.25) is 0 Å². The number of benzene rings is 1. The van der Waals surface area contributed by atoms with Crippen molar-refractivity contribution in [2.24, 2.45) is 5.92 Å². The van der Waals surface area contributed by atoms with E-state index in [0.717, 1.165) is 19.3 Å². The zero-order valence-electron chi connectivity index (χ0n) is 11.5. The number of aryl methyl sites for hydroxylation is 1. The number of hydrogen-bond donors (Lipinski definition) is 2. The zero-order valence-corrected chi connectivity index (χ0v) is 12.3. The lowest BCUT2D eigenvalue weighted by atomic mass is 10.1. The first-order chi connectivity index (χ1) is 9.47. The van der Waals surface area contributed by atoms with Gasteiger partial charge in [0.25, 0.3) is 0 Å². The van der Waals surface area contributed by atoms with Crippen LogP contribution in [0, 0.1) is 12.8 Å². The van der Waals surface area contributed by atoms with E-state index in [9.17, 15) is 8.42 Å². The highest BCUT2D eigenvalue weighted by Gasteiger charge is 2.42. The van der Waals surface area contributed by atoms with Crippen LogP contribution in [0.5, 0.6) is 0 Å². The van der Waals surface area contributed by atoms with Gasteiger partial charge in [0.05, 0.1) is 17.0 Å².